The van der Waals surface area contributed by atoms with Crippen LogP contribution in [0.25, 0.3) is 0 Å². The van der Waals surface area contributed by atoms with Crippen molar-refractivity contribution >= 4 is 17.5 Å². The number of amides is 2. The SMILES string of the molecule is Cc1ccc(C(=O)N2CCN(CC(=O)Nc3c(C)cccc3C)CC2)c(O)c1. The number of anilines is 1. The summed E-state index contributed by atoms with van der Waals surface area (Å²) in [5.74, 6) is -0.203. The van der Waals surface area contributed by atoms with E-state index in [4.69, 9.17) is 0 Å². The summed E-state index contributed by atoms with van der Waals surface area (Å²) in [6.07, 6.45) is 0. The number of hydrogen-bond acceptors (Lipinski definition) is 4. The number of rotatable bonds is 4. The fourth-order valence-corrected chi connectivity index (χ4v) is 3.50. The molecule has 6 nitrogen and oxygen atoms in total. The van der Waals surface area contributed by atoms with E-state index in [1.165, 1.54) is 0 Å². The highest BCUT2D eigenvalue weighted by atomic mass is 16.3. The van der Waals surface area contributed by atoms with Crippen LogP contribution in [0.5, 0.6) is 5.75 Å². The number of carbonyl (C=O) groups is 2. The number of piperazine rings is 1. The second kappa shape index (κ2) is 8.44. The summed E-state index contributed by atoms with van der Waals surface area (Å²) in [5, 5.41) is 13.0. The third-order valence-electron chi connectivity index (χ3n) is 5.16. The zero-order chi connectivity index (χ0) is 20.3. The Hall–Kier alpha value is -2.86. The maximum absolute atomic E-state index is 12.6. The molecule has 1 heterocycles. The molecule has 2 aromatic rings. The topological polar surface area (TPSA) is 72.9 Å². The molecule has 2 amide bonds. The number of aryl methyl sites for hydroxylation is 3. The monoisotopic (exact) mass is 381 g/mol. The Labute approximate surface area is 165 Å². The van der Waals surface area contributed by atoms with E-state index in [-0.39, 0.29) is 17.6 Å². The first-order valence-electron chi connectivity index (χ1n) is 9.52. The predicted molar refractivity (Wildman–Crippen MR) is 110 cm³/mol. The van der Waals surface area contributed by atoms with Gasteiger partial charge in [-0.05, 0) is 49.6 Å². The normalized spacial score (nSPS) is 14.8. The fourth-order valence-electron chi connectivity index (χ4n) is 3.50. The average Bonchev–Trinajstić information content (AvgIpc) is 2.65. The summed E-state index contributed by atoms with van der Waals surface area (Å²) >= 11 is 0. The summed E-state index contributed by atoms with van der Waals surface area (Å²) in [6, 6.07) is 11.0. The third kappa shape index (κ3) is 4.51. The Bertz CT molecular complexity index is 866. The quantitative estimate of drug-likeness (QED) is 0.854. The molecule has 0 aliphatic carbocycles. The maximum Gasteiger partial charge on any atom is 0.257 e. The number of benzene rings is 2. The molecule has 0 aromatic heterocycles. The molecule has 2 aromatic carbocycles. The van der Waals surface area contributed by atoms with Crippen molar-refractivity contribution in [2.45, 2.75) is 20.8 Å². The molecule has 3 rings (SSSR count). The van der Waals surface area contributed by atoms with Crippen LogP contribution in [0, 0.1) is 20.8 Å². The van der Waals surface area contributed by atoms with E-state index in [0.29, 0.717) is 38.3 Å². The van der Waals surface area contributed by atoms with Crippen molar-refractivity contribution in [2.24, 2.45) is 0 Å². The molecular weight excluding hydrogens is 354 g/mol. The van der Waals surface area contributed by atoms with Crippen molar-refractivity contribution < 1.29 is 14.7 Å². The molecule has 0 bridgehead atoms. The zero-order valence-corrected chi connectivity index (χ0v) is 16.7. The number of phenols is 1. The van der Waals surface area contributed by atoms with Crippen molar-refractivity contribution in [1.82, 2.24) is 9.80 Å². The summed E-state index contributed by atoms with van der Waals surface area (Å²) in [6.45, 7) is 8.44. The van der Waals surface area contributed by atoms with Gasteiger partial charge in [0.05, 0.1) is 12.1 Å². The molecule has 0 radical (unpaired) electrons. The van der Waals surface area contributed by atoms with Gasteiger partial charge < -0.3 is 15.3 Å². The van der Waals surface area contributed by atoms with Crippen molar-refractivity contribution in [2.75, 3.05) is 38.0 Å². The average molecular weight is 381 g/mol. The zero-order valence-electron chi connectivity index (χ0n) is 16.7. The van der Waals surface area contributed by atoms with Crippen molar-refractivity contribution in [3.63, 3.8) is 0 Å². The van der Waals surface area contributed by atoms with E-state index in [9.17, 15) is 14.7 Å². The van der Waals surface area contributed by atoms with Crippen LogP contribution in [0.2, 0.25) is 0 Å². The van der Waals surface area contributed by atoms with Gasteiger partial charge in [-0.25, -0.2) is 0 Å². The molecule has 28 heavy (non-hydrogen) atoms. The molecule has 2 N–H and O–H groups in total. The van der Waals surface area contributed by atoms with Crippen molar-refractivity contribution in [3.05, 3.63) is 58.7 Å². The Morgan fingerprint density at radius 1 is 1.00 bits per heavy atom. The molecule has 1 aliphatic heterocycles. The lowest BCUT2D eigenvalue weighted by atomic mass is 10.1. The molecule has 0 unspecified atom stereocenters. The van der Waals surface area contributed by atoms with Crippen LogP contribution in [-0.4, -0.2) is 59.4 Å². The lowest BCUT2D eigenvalue weighted by Gasteiger charge is -2.34. The van der Waals surface area contributed by atoms with Crippen molar-refractivity contribution in [1.29, 1.82) is 0 Å². The molecule has 1 saturated heterocycles. The van der Waals surface area contributed by atoms with Gasteiger partial charge in [0.1, 0.15) is 5.75 Å². The van der Waals surface area contributed by atoms with Crippen LogP contribution in [0.3, 0.4) is 0 Å². The molecular formula is C22H27N3O3. The Kier molecular flexibility index (Phi) is 5.99. The van der Waals surface area contributed by atoms with Crippen LogP contribution < -0.4 is 5.32 Å². The molecule has 0 spiro atoms. The van der Waals surface area contributed by atoms with E-state index < -0.39 is 0 Å². The highest BCUT2D eigenvalue weighted by molar-refractivity contribution is 5.97. The highest BCUT2D eigenvalue weighted by Gasteiger charge is 2.25. The number of carbonyl (C=O) groups excluding carboxylic acids is 2. The van der Waals surface area contributed by atoms with Gasteiger partial charge >= 0.3 is 0 Å². The van der Waals surface area contributed by atoms with E-state index in [1.807, 2.05) is 49.9 Å². The minimum absolute atomic E-state index is 0.0143. The smallest absolute Gasteiger partial charge is 0.257 e. The van der Waals surface area contributed by atoms with Crippen LogP contribution in [0.15, 0.2) is 36.4 Å². The van der Waals surface area contributed by atoms with Gasteiger partial charge in [0, 0.05) is 31.9 Å². The van der Waals surface area contributed by atoms with Crippen LogP contribution >= 0.6 is 0 Å². The summed E-state index contributed by atoms with van der Waals surface area (Å²) in [7, 11) is 0. The van der Waals surface area contributed by atoms with Crippen molar-refractivity contribution in [3.8, 4) is 5.75 Å². The Balaban J connectivity index is 1.54. The second-order valence-corrected chi connectivity index (χ2v) is 7.40. The summed E-state index contributed by atoms with van der Waals surface area (Å²) in [4.78, 5) is 28.8. The Morgan fingerprint density at radius 3 is 2.25 bits per heavy atom. The molecule has 0 atom stereocenters. The number of hydrogen-bond donors (Lipinski definition) is 2. The maximum atomic E-state index is 12.6. The van der Waals surface area contributed by atoms with E-state index in [1.54, 1.807) is 17.0 Å². The number of para-hydroxylation sites is 1. The van der Waals surface area contributed by atoms with E-state index in [0.717, 1.165) is 22.4 Å². The lowest BCUT2D eigenvalue weighted by Crippen LogP contribution is -2.50. The number of nitrogens with one attached hydrogen (secondary N) is 1. The minimum Gasteiger partial charge on any atom is -0.507 e. The Morgan fingerprint density at radius 2 is 1.64 bits per heavy atom. The summed E-state index contributed by atoms with van der Waals surface area (Å²) < 4.78 is 0. The molecule has 1 aliphatic rings. The second-order valence-electron chi connectivity index (χ2n) is 7.40. The van der Waals surface area contributed by atoms with Gasteiger partial charge in [0.15, 0.2) is 0 Å². The van der Waals surface area contributed by atoms with Gasteiger partial charge in [0.2, 0.25) is 5.91 Å². The first kappa shape index (κ1) is 19.9. The van der Waals surface area contributed by atoms with Crippen LogP contribution in [0.4, 0.5) is 5.69 Å². The minimum atomic E-state index is -0.169. The number of aromatic hydroxyl groups is 1. The first-order chi connectivity index (χ1) is 13.3. The molecule has 148 valence electrons. The molecule has 6 heteroatoms. The highest BCUT2D eigenvalue weighted by Crippen LogP contribution is 2.21. The van der Waals surface area contributed by atoms with E-state index in [2.05, 4.69) is 5.32 Å². The summed E-state index contributed by atoms with van der Waals surface area (Å²) in [5.41, 5.74) is 4.19. The van der Waals surface area contributed by atoms with Gasteiger partial charge in [0.25, 0.3) is 5.91 Å². The number of phenolic OH excluding ortho intramolecular Hbond substituents is 1. The standard InChI is InChI=1S/C22H27N3O3/c1-15-7-8-18(19(26)13-15)22(28)25-11-9-24(10-12-25)14-20(27)23-21-16(2)5-4-6-17(21)3/h4-8,13,26H,9-12,14H2,1-3H3,(H,23,27). The molecule has 1 fully saturated rings. The predicted octanol–water partition coefficient (Wildman–Crippen LogP) is 2.71. The van der Waals surface area contributed by atoms with Gasteiger partial charge in [-0.1, -0.05) is 24.3 Å². The number of nitrogens with zero attached hydrogens (tertiary/aromatic N) is 2. The lowest BCUT2D eigenvalue weighted by molar-refractivity contribution is -0.117. The molecule has 0 saturated carbocycles. The van der Waals surface area contributed by atoms with Gasteiger partial charge in [-0.3, -0.25) is 14.5 Å². The fraction of sp³-hybridized carbons (Fsp3) is 0.364. The first-order valence-corrected chi connectivity index (χ1v) is 9.52. The van der Waals surface area contributed by atoms with Gasteiger partial charge in [-0.2, -0.15) is 0 Å². The van der Waals surface area contributed by atoms with Crippen LogP contribution in [0.1, 0.15) is 27.0 Å². The largest absolute Gasteiger partial charge is 0.507 e. The van der Waals surface area contributed by atoms with Crippen LogP contribution in [-0.2, 0) is 4.79 Å². The van der Waals surface area contributed by atoms with E-state index >= 15 is 0 Å². The third-order valence-corrected chi connectivity index (χ3v) is 5.16. The van der Waals surface area contributed by atoms with Gasteiger partial charge in [-0.15, -0.1) is 0 Å².